The molecule has 3 heteroatoms. The summed E-state index contributed by atoms with van der Waals surface area (Å²) >= 11 is 0. The Bertz CT molecular complexity index is 295. The largest absolute Gasteiger partial charge is 0.389 e. The van der Waals surface area contributed by atoms with Crippen molar-refractivity contribution in [2.24, 2.45) is 0 Å². The Labute approximate surface area is 69.6 Å². The molecule has 0 spiro atoms. The Morgan fingerprint density at radius 2 is 2.25 bits per heavy atom. The van der Waals surface area contributed by atoms with Gasteiger partial charge in [-0.2, -0.15) is 0 Å². The minimum atomic E-state index is -0.708. The number of aliphatic hydroxyl groups is 1. The van der Waals surface area contributed by atoms with Gasteiger partial charge in [-0.1, -0.05) is 6.07 Å². The molecule has 0 aliphatic carbocycles. The van der Waals surface area contributed by atoms with E-state index >= 15 is 0 Å². The summed E-state index contributed by atoms with van der Waals surface area (Å²) < 4.78 is 12.9. The SMILES string of the molecule is CC(O)c1ccc(C=O)c(F)c1. The van der Waals surface area contributed by atoms with Crippen molar-refractivity contribution in [3.63, 3.8) is 0 Å². The monoisotopic (exact) mass is 168 g/mol. The van der Waals surface area contributed by atoms with Gasteiger partial charge in [-0.05, 0) is 24.6 Å². The second kappa shape index (κ2) is 3.45. The van der Waals surface area contributed by atoms with Crippen molar-refractivity contribution in [3.05, 3.63) is 35.1 Å². The average molecular weight is 168 g/mol. The highest BCUT2D eigenvalue weighted by Gasteiger charge is 2.05. The zero-order valence-corrected chi connectivity index (χ0v) is 6.62. The maximum Gasteiger partial charge on any atom is 0.152 e. The quantitative estimate of drug-likeness (QED) is 0.682. The zero-order chi connectivity index (χ0) is 9.14. The van der Waals surface area contributed by atoms with Crippen molar-refractivity contribution in [3.8, 4) is 0 Å². The van der Waals surface area contributed by atoms with E-state index in [1.807, 2.05) is 0 Å². The van der Waals surface area contributed by atoms with Crippen LogP contribution in [0.1, 0.15) is 28.9 Å². The van der Waals surface area contributed by atoms with Crippen LogP contribution >= 0.6 is 0 Å². The van der Waals surface area contributed by atoms with Crippen molar-refractivity contribution >= 4 is 6.29 Å². The normalized spacial score (nSPS) is 12.6. The number of rotatable bonds is 2. The lowest BCUT2D eigenvalue weighted by atomic mass is 10.1. The topological polar surface area (TPSA) is 37.3 Å². The molecule has 2 nitrogen and oxygen atoms in total. The molecule has 1 unspecified atom stereocenters. The van der Waals surface area contributed by atoms with Gasteiger partial charge in [0.15, 0.2) is 6.29 Å². The van der Waals surface area contributed by atoms with Crippen molar-refractivity contribution in [1.29, 1.82) is 0 Å². The molecule has 64 valence electrons. The van der Waals surface area contributed by atoms with E-state index < -0.39 is 11.9 Å². The molecule has 0 saturated carbocycles. The van der Waals surface area contributed by atoms with Gasteiger partial charge in [0.25, 0.3) is 0 Å². The molecule has 1 atom stereocenters. The molecule has 0 radical (unpaired) electrons. The van der Waals surface area contributed by atoms with Crippen LogP contribution in [0.4, 0.5) is 4.39 Å². The third kappa shape index (κ3) is 1.68. The lowest BCUT2D eigenvalue weighted by molar-refractivity contribution is 0.111. The zero-order valence-electron chi connectivity index (χ0n) is 6.62. The summed E-state index contributed by atoms with van der Waals surface area (Å²) in [6.07, 6.45) is -0.263. The van der Waals surface area contributed by atoms with Gasteiger partial charge in [0.05, 0.1) is 11.7 Å². The van der Waals surface area contributed by atoms with Gasteiger partial charge in [0, 0.05) is 0 Å². The third-order valence-corrected chi connectivity index (χ3v) is 1.63. The summed E-state index contributed by atoms with van der Waals surface area (Å²) in [5.41, 5.74) is 0.484. The van der Waals surface area contributed by atoms with Crippen molar-refractivity contribution in [2.45, 2.75) is 13.0 Å². The fourth-order valence-corrected chi connectivity index (χ4v) is 0.899. The first-order valence-electron chi connectivity index (χ1n) is 3.58. The van der Waals surface area contributed by atoms with Gasteiger partial charge in [-0.25, -0.2) is 4.39 Å². The van der Waals surface area contributed by atoms with Crippen molar-refractivity contribution in [2.75, 3.05) is 0 Å². The molecule has 0 bridgehead atoms. The van der Waals surface area contributed by atoms with Crippen LogP contribution in [0.5, 0.6) is 0 Å². The molecule has 1 rings (SSSR count). The van der Waals surface area contributed by atoms with Crippen LogP contribution in [0.2, 0.25) is 0 Å². The van der Waals surface area contributed by atoms with Crippen LogP contribution in [0.25, 0.3) is 0 Å². The number of aldehydes is 1. The van der Waals surface area contributed by atoms with Gasteiger partial charge in [-0.15, -0.1) is 0 Å². The van der Waals surface area contributed by atoms with E-state index in [9.17, 15) is 9.18 Å². The highest BCUT2D eigenvalue weighted by molar-refractivity contribution is 5.75. The van der Waals surface area contributed by atoms with E-state index in [1.54, 1.807) is 0 Å². The van der Waals surface area contributed by atoms with E-state index in [1.165, 1.54) is 19.1 Å². The number of hydrogen-bond donors (Lipinski definition) is 1. The van der Waals surface area contributed by atoms with Gasteiger partial charge >= 0.3 is 0 Å². The molecule has 12 heavy (non-hydrogen) atoms. The molecule has 1 N–H and O–H groups in total. The van der Waals surface area contributed by atoms with E-state index in [0.29, 0.717) is 11.8 Å². The number of aliphatic hydroxyl groups excluding tert-OH is 1. The molecule has 0 saturated heterocycles. The Hall–Kier alpha value is -1.22. The summed E-state index contributed by atoms with van der Waals surface area (Å²) in [4.78, 5) is 10.2. The second-order valence-electron chi connectivity index (χ2n) is 2.57. The van der Waals surface area contributed by atoms with Crippen molar-refractivity contribution < 1.29 is 14.3 Å². The molecule has 1 aromatic carbocycles. The molecular formula is C9H9FO2. The Morgan fingerprint density at radius 1 is 1.58 bits per heavy atom. The summed E-state index contributed by atoms with van der Waals surface area (Å²) in [5, 5.41) is 9.06. The minimum Gasteiger partial charge on any atom is -0.389 e. The Balaban J connectivity index is 3.10. The molecule has 0 aliphatic heterocycles. The van der Waals surface area contributed by atoms with Crippen LogP contribution in [-0.2, 0) is 0 Å². The lowest BCUT2D eigenvalue weighted by Gasteiger charge is -2.04. The highest BCUT2D eigenvalue weighted by Crippen LogP contribution is 2.14. The Morgan fingerprint density at radius 3 is 2.67 bits per heavy atom. The van der Waals surface area contributed by atoms with E-state index in [4.69, 9.17) is 5.11 Å². The Kier molecular flexibility index (Phi) is 2.55. The molecule has 0 aromatic heterocycles. The first-order valence-corrected chi connectivity index (χ1v) is 3.58. The van der Waals surface area contributed by atoms with Crippen LogP contribution in [0, 0.1) is 5.82 Å². The summed E-state index contributed by atoms with van der Waals surface area (Å²) in [6.45, 7) is 1.54. The second-order valence-corrected chi connectivity index (χ2v) is 2.57. The standard InChI is InChI=1S/C9H9FO2/c1-6(12)7-2-3-8(5-11)9(10)4-7/h2-6,12H,1H3. The fourth-order valence-electron chi connectivity index (χ4n) is 0.899. The number of benzene rings is 1. The maximum atomic E-state index is 12.9. The molecule has 1 aromatic rings. The first kappa shape index (κ1) is 8.87. The third-order valence-electron chi connectivity index (χ3n) is 1.63. The van der Waals surface area contributed by atoms with Crippen LogP contribution in [0.15, 0.2) is 18.2 Å². The van der Waals surface area contributed by atoms with E-state index in [0.717, 1.165) is 6.07 Å². The predicted molar refractivity (Wildman–Crippen MR) is 42.4 cm³/mol. The molecular weight excluding hydrogens is 159 g/mol. The molecule has 0 aliphatic rings. The van der Waals surface area contributed by atoms with Gasteiger partial charge < -0.3 is 5.11 Å². The summed E-state index contributed by atoms with van der Waals surface area (Å²) in [6, 6.07) is 4.04. The van der Waals surface area contributed by atoms with E-state index in [-0.39, 0.29) is 5.56 Å². The molecule has 0 amide bonds. The first-order chi connectivity index (χ1) is 5.65. The maximum absolute atomic E-state index is 12.9. The average Bonchev–Trinajstić information content (AvgIpc) is 2.04. The smallest absolute Gasteiger partial charge is 0.152 e. The number of hydrogen-bond acceptors (Lipinski definition) is 2. The van der Waals surface area contributed by atoms with Gasteiger partial charge in [0.1, 0.15) is 5.82 Å². The van der Waals surface area contributed by atoms with Crippen molar-refractivity contribution in [1.82, 2.24) is 0 Å². The van der Waals surface area contributed by atoms with Crippen LogP contribution in [0.3, 0.4) is 0 Å². The lowest BCUT2D eigenvalue weighted by Crippen LogP contribution is -1.94. The fraction of sp³-hybridized carbons (Fsp3) is 0.222. The summed E-state index contributed by atoms with van der Waals surface area (Å²) in [7, 11) is 0. The molecule has 0 fully saturated rings. The number of halogens is 1. The number of carbonyl (C=O) groups excluding carboxylic acids is 1. The van der Waals surface area contributed by atoms with Crippen LogP contribution < -0.4 is 0 Å². The van der Waals surface area contributed by atoms with Crippen LogP contribution in [-0.4, -0.2) is 11.4 Å². The molecule has 0 heterocycles. The number of carbonyl (C=O) groups is 1. The van der Waals surface area contributed by atoms with E-state index in [2.05, 4.69) is 0 Å². The van der Waals surface area contributed by atoms with Gasteiger partial charge in [0.2, 0.25) is 0 Å². The highest BCUT2D eigenvalue weighted by atomic mass is 19.1. The summed E-state index contributed by atoms with van der Waals surface area (Å²) in [5.74, 6) is -0.594. The predicted octanol–water partition coefficient (Wildman–Crippen LogP) is 1.69. The minimum absolute atomic E-state index is 0.0133. The van der Waals surface area contributed by atoms with Gasteiger partial charge in [-0.3, -0.25) is 4.79 Å².